The van der Waals surface area contributed by atoms with E-state index < -0.39 is 0 Å². The molecule has 1 aromatic heterocycles. The second-order valence-electron chi connectivity index (χ2n) is 4.94. The van der Waals surface area contributed by atoms with Crippen LogP contribution in [0.15, 0.2) is 34.8 Å². The Bertz CT molecular complexity index is 604. The van der Waals surface area contributed by atoms with Crippen molar-refractivity contribution in [2.45, 2.75) is 39.7 Å². The fraction of sp³-hybridized carbons (Fsp3) is 0.375. The quantitative estimate of drug-likeness (QED) is 0.831. The minimum Gasteiger partial charge on any atom is -0.299 e. The molecule has 0 saturated carbocycles. The molecule has 2 rings (SSSR count). The smallest absolute Gasteiger partial charge is 0.146 e. The van der Waals surface area contributed by atoms with E-state index in [1.807, 2.05) is 55.8 Å². The lowest BCUT2D eigenvalue weighted by molar-refractivity contribution is -0.119. The first-order valence-electron chi connectivity index (χ1n) is 6.84. The lowest BCUT2D eigenvalue weighted by Crippen LogP contribution is -2.15. The summed E-state index contributed by atoms with van der Waals surface area (Å²) >= 11 is 3.54. The van der Waals surface area contributed by atoms with Crippen molar-refractivity contribution >= 4 is 21.7 Å². The highest BCUT2D eigenvalue weighted by Gasteiger charge is 2.20. The summed E-state index contributed by atoms with van der Waals surface area (Å²) in [6, 6.07) is 9.90. The number of aromatic nitrogens is 2. The number of halogens is 1. The Labute approximate surface area is 128 Å². The second-order valence-corrected chi connectivity index (χ2v) is 5.73. The molecule has 3 nitrogen and oxygen atoms in total. The van der Waals surface area contributed by atoms with Crippen molar-refractivity contribution in [3.05, 3.63) is 51.8 Å². The molecule has 1 aromatic carbocycles. The molecule has 0 amide bonds. The van der Waals surface area contributed by atoms with Crippen LogP contribution in [0.3, 0.4) is 0 Å². The highest BCUT2D eigenvalue weighted by Crippen LogP contribution is 2.24. The third kappa shape index (κ3) is 3.01. The van der Waals surface area contributed by atoms with Gasteiger partial charge in [-0.25, -0.2) is 0 Å². The molecule has 0 spiro atoms. The number of benzene rings is 1. The van der Waals surface area contributed by atoms with Gasteiger partial charge < -0.3 is 0 Å². The zero-order chi connectivity index (χ0) is 14.7. The van der Waals surface area contributed by atoms with E-state index in [9.17, 15) is 4.79 Å². The molecule has 0 fully saturated rings. The number of Topliss-reactive ketones (excluding diaryl/α,β-unsaturated/α-hetero) is 1. The normalized spacial score (nSPS) is 12.4. The molecular formula is C16H19BrN2O. The van der Waals surface area contributed by atoms with Gasteiger partial charge in [-0.1, -0.05) is 37.3 Å². The third-order valence-corrected chi connectivity index (χ3v) is 4.61. The molecule has 4 heteroatoms. The molecule has 0 saturated heterocycles. The molecule has 0 aliphatic carbocycles. The number of carbonyl (C=O) groups is 1. The van der Waals surface area contributed by atoms with Crippen molar-refractivity contribution in [1.29, 1.82) is 0 Å². The minimum atomic E-state index is -0.0939. The molecule has 0 radical (unpaired) electrons. The predicted octanol–water partition coefficient (Wildman–Crippen LogP) is 3.89. The summed E-state index contributed by atoms with van der Waals surface area (Å²) in [6.45, 7) is 6.72. The number of carbonyl (C=O) groups excluding carboxylic acids is 1. The highest BCUT2D eigenvalue weighted by molar-refractivity contribution is 9.10. The monoisotopic (exact) mass is 334 g/mol. The van der Waals surface area contributed by atoms with E-state index in [-0.39, 0.29) is 11.7 Å². The predicted molar refractivity (Wildman–Crippen MR) is 83.9 cm³/mol. The van der Waals surface area contributed by atoms with Crippen molar-refractivity contribution in [2.24, 2.45) is 0 Å². The summed E-state index contributed by atoms with van der Waals surface area (Å²) in [5.74, 6) is 0.120. The van der Waals surface area contributed by atoms with Crippen LogP contribution >= 0.6 is 15.9 Å². The average molecular weight is 335 g/mol. The summed E-state index contributed by atoms with van der Waals surface area (Å²) in [6.07, 6.45) is 0.408. The summed E-state index contributed by atoms with van der Waals surface area (Å²) in [5, 5.41) is 4.43. The summed E-state index contributed by atoms with van der Waals surface area (Å²) in [5.41, 5.74) is 2.97. The first kappa shape index (κ1) is 15.0. The number of hydrogen-bond donors (Lipinski definition) is 0. The van der Waals surface area contributed by atoms with Gasteiger partial charge in [0.15, 0.2) is 0 Å². The molecule has 0 aliphatic heterocycles. The van der Waals surface area contributed by atoms with Crippen molar-refractivity contribution < 1.29 is 4.79 Å². The van der Waals surface area contributed by atoms with E-state index in [0.29, 0.717) is 6.42 Å². The molecule has 0 bridgehead atoms. The van der Waals surface area contributed by atoms with E-state index in [1.165, 1.54) is 0 Å². The minimum absolute atomic E-state index is 0.0939. The van der Waals surface area contributed by atoms with E-state index >= 15 is 0 Å². The van der Waals surface area contributed by atoms with E-state index in [2.05, 4.69) is 21.0 Å². The Morgan fingerprint density at radius 3 is 2.60 bits per heavy atom. The summed E-state index contributed by atoms with van der Waals surface area (Å²) in [7, 11) is 0. The average Bonchev–Trinajstić information content (AvgIpc) is 2.75. The van der Waals surface area contributed by atoms with Gasteiger partial charge in [0, 0.05) is 12.5 Å². The van der Waals surface area contributed by atoms with E-state index in [1.54, 1.807) is 0 Å². The van der Waals surface area contributed by atoms with Crippen LogP contribution < -0.4 is 0 Å². The topological polar surface area (TPSA) is 34.9 Å². The van der Waals surface area contributed by atoms with Gasteiger partial charge in [0.1, 0.15) is 5.78 Å². The summed E-state index contributed by atoms with van der Waals surface area (Å²) < 4.78 is 2.85. The van der Waals surface area contributed by atoms with Crippen LogP contribution in [-0.2, 0) is 17.8 Å². The van der Waals surface area contributed by atoms with E-state index in [0.717, 1.165) is 28.0 Å². The maximum atomic E-state index is 12.5. The molecule has 1 heterocycles. The van der Waals surface area contributed by atoms with Gasteiger partial charge in [0.2, 0.25) is 0 Å². The largest absolute Gasteiger partial charge is 0.299 e. The molecule has 106 valence electrons. The maximum Gasteiger partial charge on any atom is 0.146 e. The first-order valence-corrected chi connectivity index (χ1v) is 7.63. The second kappa shape index (κ2) is 6.35. The van der Waals surface area contributed by atoms with Crippen LogP contribution in [-0.4, -0.2) is 15.6 Å². The number of rotatable bonds is 5. The number of nitrogens with zero attached hydrogens (tertiary/aromatic N) is 2. The van der Waals surface area contributed by atoms with Gasteiger partial charge in [-0.05, 0) is 35.3 Å². The Morgan fingerprint density at radius 1 is 1.35 bits per heavy atom. The lowest BCUT2D eigenvalue weighted by Gasteiger charge is -2.12. The van der Waals surface area contributed by atoms with Crippen LogP contribution in [0.4, 0.5) is 0 Å². The Kier molecular flexibility index (Phi) is 4.76. The fourth-order valence-corrected chi connectivity index (χ4v) is 2.71. The van der Waals surface area contributed by atoms with Crippen LogP contribution in [0.2, 0.25) is 0 Å². The third-order valence-electron chi connectivity index (χ3n) is 3.58. The molecule has 1 unspecified atom stereocenters. The highest BCUT2D eigenvalue weighted by atomic mass is 79.9. The number of aryl methyl sites for hydroxylation is 2. The zero-order valence-electron chi connectivity index (χ0n) is 12.1. The molecule has 2 aromatic rings. The van der Waals surface area contributed by atoms with Gasteiger partial charge in [0.25, 0.3) is 0 Å². The Hall–Kier alpha value is -1.42. The van der Waals surface area contributed by atoms with Gasteiger partial charge in [-0.2, -0.15) is 5.10 Å². The Morgan fingerprint density at radius 2 is 2.00 bits per heavy atom. The maximum absolute atomic E-state index is 12.5. The zero-order valence-corrected chi connectivity index (χ0v) is 13.6. The number of ketones is 1. The van der Waals surface area contributed by atoms with Crippen LogP contribution in [0.5, 0.6) is 0 Å². The Balaban J connectivity index is 2.20. The van der Waals surface area contributed by atoms with Crippen LogP contribution in [0, 0.1) is 6.92 Å². The van der Waals surface area contributed by atoms with Gasteiger partial charge in [-0.3, -0.25) is 9.48 Å². The molecule has 1 atom stereocenters. The fourth-order valence-electron chi connectivity index (χ4n) is 2.28. The van der Waals surface area contributed by atoms with Crippen LogP contribution in [0.1, 0.15) is 36.7 Å². The van der Waals surface area contributed by atoms with Crippen molar-refractivity contribution in [2.75, 3.05) is 0 Å². The number of hydrogen-bond acceptors (Lipinski definition) is 2. The SMILES string of the molecule is CCn1nc(C)c(Br)c1CC(=O)C(C)c1ccccc1. The van der Waals surface area contributed by atoms with Gasteiger partial charge in [0.05, 0.1) is 22.3 Å². The summed E-state index contributed by atoms with van der Waals surface area (Å²) in [4.78, 5) is 12.5. The molecule has 0 aliphatic rings. The van der Waals surface area contributed by atoms with Crippen LogP contribution in [0.25, 0.3) is 0 Å². The standard InChI is InChI=1S/C16H19BrN2O/c1-4-19-14(16(17)12(3)18-19)10-15(20)11(2)13-8-6-5-7-9-13/h5-9,11H,4,10H2,1-3H3. The molecular weight excluding hydrogens is 316 g/mol. The molecule has 20 heavy (non-hydrogen) atoms. The van der Waals surface area contributed by atoms with Crippen molar-refractivity contribution in [3.8, 4) is 0 Å². The lowest BCUT2D eigenvalue weighted by atomic mass is 9.94. The van der Waals surface area contributed by atoms with Crippen molar-refractivity contribution in [3.63, 3.8) is 0 Å². The van der Waals surface area contributed by atoms with E-state index in [4.69, 9.17) is 0 Å². The van der Waals surface area contributed by atoms with Gasteiger partial charge >= 0.3 is 0 Å². The van der Waals surface area contributed by atoms with Gasteiger partial charge in [-0.15, -0.1) is 0 Å². The first-order chi connectivity index (χ1) is 9.54. The van der Waals surface area contributed by atoms with Crippen molar-refractivity contribution in [1.82, 2.24) is 9.78 Å². The molecule has 0 N–H and O–H groups in total.